The fourth-order valence-corrected chi connectivity index (χ4v) is 3.31. The maximum absolute atomic E-state index is 12.8. The number of carboxylic acid groups (broad SMARTS) is 1. The normalized spacial score (nSPS) is 19.2. The van der Waals surface area contributed by atoms with Gasteiger partial charge in [-0.15, -0.1) is 0 Å². The van der Waals surface area contributed by atoms with Crippen molar-refractivity contribution < 1.29 is 24.3 Å². The third-order valence-electron chi connectivity index (χ3n) is 5.18. The summed E-state index contributed by atoms with van der Waals surface area (Å²) in [4.78, 5) is 57.3. The van der Waals surface area contributed by atoms with E-state index >= 15 is 0 Å². The van der Waals surface area contributed by atoms with Crippen LogP contribution in [0.4, 0.5) is 0 Å². The molecule has 11 heteroatoms. The van der Waals surface area contributed by atoms with Crippen molar-refractivity contribution in [3.8, 4) is 0 Å². The van der Waals surface area contributed by atoms with Crippen molar-refractivity contribution in [3.63, 3.8) is 0 Å². The van der Waals surface area contributed by atoms with Gasteiger partial charge >= 0.3 is 5.97 Å². The number of hydrogen-bond acceptors (Lipinski definition) is 6. The van der Waals surface area contributed by atoms with Crippen LogP contribution in [-0.2, 0) is 25.6 Å². The van der Waals surface area contributed by atoms with Crippen molar-refractivity contribution in [2.45, 2.75) is 64.2 Å². The number of nitrogens with two attached hydrogens (primary N) is 1. The van der Waals surface area contributed by atoms with E-state index in [9.17, 15) is 24.3 Å². The average molecular weight is 422 g/mol. The molecule has 6 N–H and O–H groups in total. The van der Waals surface area contributed by atoms with E-state index < -0.39 is 47.9 Å². The van der Waals surface area contributed by atoms with Gasteiger partial charge in [0, 0.05) is 24.9 Å². The minimum absolute atomic E-state index is 0.0429. The molecule has 0 spiro atoms. The van der Waals surface area contributed by atoms with Gasteiger partial charge in [-0.25, -0.2) is 9.78 Å². The molecule has 0 saturated carbocycles. The summed E-state index contributed by atoms with van der Waals surface area (Å²) >= 11 is 0. The Morgan fingerprint density at radius 1 is 1.30 bits per heavy atom. The number of carboxylic acids is 1. The number of carbonyl (C=O) groups is 4. The number of aromatic amines is 1. The van der Waals surface area contributed by atoms with Crippen molar-refractivity contribution in [1.82, 2.24) is 25.5 Å². The average Bonchev–Trinajstić information content (AvgIpc) is 3.37. The monoisotopic (exact) mass is 422 g/mol. The first-order valence-corrected chi connectivity index (χ1v) is 9.98. The van der Waals surface area contributed by atoms with Crippen LogP contribution in [0.25, 0.3) is 0 Å². The molecule has 4 unspecified atom stereocenters. The Labute approximate surface area is 174 Å². The van der Waals surface area contributed by atoms with Crippen LogP contribution >= 0.6 is 0 Å². The Balaban J connectivity index is 2.00. The first-order valence-electron chi connectivity index (χ1n) is 9.98. The minimum atomic E-state index is -1.18. The van der Waals surface area contributed by atoms with Crippen molar-refractivity contribution >= 4 is 23.7 Å². The molecule has 0 radical (unpaired) electrons. The van der Waals surface area contributed by atoms with Crippen LogP contribution in [0.1, 0.15) is 39.3 Å². The maximum Gasteiger partial charge on any atom is 0.326 e. The molecule has 1 saturated heterocycles. The molecular weight excluding hydrogens is 392 g/mol. The number of rotatable bonds is 9. The van der Waals surface area contributed by atoms with Crippen molar-refractivity contribution in [3.05, 3.63) is 18.2 Å². The van der Waals surface area contributed by atoms with Gasteiger partial charge in [-0.05, 0) is 25.7 Å². The second kappa shape index (κ2) is 10.2. The number of hydrogen-bond donors (Lipinski definition) is 5. The summed E-state index contributed by atoms with van der Waals surface area (Å²) in [6, 6.07) is -3.54. The van der Waals surface area contributed by atoms with Gasteiger partial charge in [0.15, 0.2) is 0 Å². The molecule has 2 rings (SSSR count). The van der Waals surface area contributed by atoms with Gasteiger partial charge < -0.3 is 31.4 Å². The lowest BCUT2D eigenvalue weighted by Gasteiger charge is -2.28. The Kier molecular flexibility index (Phi) is 7.93. The van der Waals surface area contributed by atoms with E-state index in [2.05, 4.69) is 20.6 Å². The van der Waals surface area contributed by atoms with Crippen LogP contribution in [0.5, 0.6) is 0 Å². The summed E-state index contributed by atoms with van der Waals surface area (Å²) in [6.07, 6.45) is 3.98. The van der Waals surface area contributed by atoms with E-state index in [1.54, 1.807) is 20.8 Å². The van der Waals surface area contributed by atoms with Gasteiger partial charge in [0.25, 0.3) is 0 Å². The fraction of sp³-hybridized carbons (Fsp3) is 0.632. The first-order chi connectivity index (χ1) is 14.1. The molecule has 1 aliphatic rings. The summed E-state index contributed by atoms with van der Waals surface area (Å²) in [5, 5.41) is 14.5. The Morgan fingerprint density at radius 3 is 2.57 bits per heavy atom. The molecule has 11 nitrogen and oxygen atoms in total. The van der Waals surface area contributed by atoms with E-state index in [0.717, 1.165) is 0 Å². The zero-order valence-corrected chi connectivity index (χ0v) is 17.4. The molecule has 0 aromatic carbocycles. The molecule has 1 aromatic heterocycles. The number of amides is 3. The number of aliphatic carboxylic acids is 1. The summed E-state index contributed by atoms with van der Waals surface area (Å²) in [6.45, 7) is 5.50. The molecule has 1 aromatic rings. The second-order valence-electron chi connectivity index (χ2n) is 7.87. The first kappa shape index (κ1) is 23.3. The quantitative estimate of drug-likeness (QED) is 0.340. The van der Waals surface area contributed by atoms with Crippen LogP contribution < -0.4 is 16.4 Å². The highest BCUT2D eigenvalue weighted by atomic mass is 16.4. The van der Waals surface area contributed by atoms with Gasteiger partial charge in [0.2, 0.25) is 17.7 Å². The lowest BCUT2D eigenvalue weighted by molar-refractivity contribution is -0.144. The number of nitrogens with zero attached hydrogens (tertiary/aromatic N) is 2. The summed E-state index contributed by atoms with van der Waals surface area (Å²) in [7, 11) is 0. The number of imidazole rings is 1. The Bertz CT molecular complexity index is 765. The van der Waals surface area contributed by atoms with Gasteiger partial charge in [0.05, 0.1) is 12.4 Å². The number of H-pyrrole nitrogens is 1. The Hall–Kier alpha value is -2.95. The highest BCUT2D eigenvalue weighted by molar-refractivity contribution is 5.94. The molecule has 1 fully saturated rings. The number of nitrogens with one attached hydrogen (secondary N) is 3. The van der Waals surface area contributed by atoms with Crippen LogP contribution in [-0.4, -0.2) is 74.4 Å². The fourth-order valence-electron chi connectivity index (χ4n) is 3.31. The maximum atomic E-state index is 12.8. The Morgan fingerprint density at radius 2 is 2.00 bits per heavy atom. The number of carbonyl (C=O) groups excluding carboxylic acids is 3. The molecule has 2 heterocycles. The molecule has 1 aliphatic heterocycles. The minimum Gasteiger partial charge on any atom is -0.480 e. The SMILES string of the molecule is CC(NC(=O)C(N)C(C)C)C(=O)N1CCCC1C(=O)NC(Cc1cnc[nH]1)C(=O)O. The predicted molar refractivity (Wildman–Crippen MR) is 107 cm³/mol. The van der Waals surface area contributed by atoms with E-state index in [4.69, 9.17) is 5.73 Å². The zero-order valence-electron chi connectivity index (χ0n) is 17.4. The van der Waals surface area contributed by atoms with Crippen molar-refractivity contribution in [2.24, 2.45) is 11.7 Å². The molecule has 4 atom stereocenters. The molecule has 3 amide bonds. The largest absolute Gasteiger partial charge is 0.480 e. The predicted octanol–water partition coefficient (Wildman–Crippen LogP) is -0.999. The number of aromatic nitrogens is 2. The second-order valence-corrected chi connectivity index (χ2v) is 7.87. The van der Waals surface area contributed by atoms with E-state index in [1.807, 2.05) is 0 Å². The smallest absolute Gasteiger partial charge is 0.326 e. The summed E-state index contributed by atoms with van der Waals surface area (Å²) in [5.41, 5.74) is 6.38. The molecule has 30 heavy (non-hydrogen) atoms. The summed E-state index contributed by atoms with van der Waals surface area (Å²) < 4.78 is 0. The van der Waals surface area contributed by atoms with E-state index in [0.29, 0.717) is 25.1 Å². The highest BCUT2D eigenvalue weighted by Crippen LogP contribution is 2.19. The molecule has 0 aliphatic carbocycles. The summed E-state index contributed by atoms with van der Waals surface area (Å²) in [5.74, 6) is -2.64. The van der Waals surface area contributed by atoms with Crippen molar-refractivity contribution in [1.29, 1.82) is 0 Å². The van der Waals surface area contributed by atoms with E-state index in [-0.39, 0.29) is 12.3 Å². The van der Waals surface area contributed by atoms with Crippen LogP contribution in [0.3, 0.4) is 0 Å². The van der Waals surface area contributed by atoms with Crippen molar-refractivity contribution in [2.75, 3.05) is 6.54 Å². The lowest BCUT2D eigenvalue weighted by Crippen LogP contribution is -2.56. The third-order valence-corrected chi connectivity index (χ3v) is 5.18. The van der Waals surface area contributed by atoms with Gasteiger partial charge in [-0.3, -0.25) is 14.4 Å². The highest BCUT2D eigenvalue weighted by Gasteiger charge is 2.38. The molecule has 0 bridgehead atoms. The van der Waals surface area contributed by atoms with Gasteiger partial charge in [-0.2, -0.15) is 0 Å². The van der Waals surface area contributed by atoms with Gasteiger partial charge in [0.1, 0.15) is 18.1 Å². The third kappa shape index (κ3) is 5.78. The molecule has 166 valence electrons. The van der Waals surface area contributed by atoms with Gasteiger partial charge in [-0.1, -0.05) is 13.8 Å². The topological polar surface area (TPSA) is 171 Å². The number of likely N-dealkylation sites (tertiary alicyclic amines) is 1. The molecular formula is C19H30N6O5. The van der Waals surface area contributed by atoms with Crippen LogP contribution in [0.2, 0.25) is 0 Å². The standard InChI is InChI=1S/C19H30N6O5/c1-10(2)15(20)17(27)23-11(3)18(28)25-6-4-5-14(25)16(26)24-13(19(29)30)7-12-8-21-9-22-12/h8-11,13-15H,4-7,20H2,1-3H3,(H,21,22)(H,23,27)(H,24,26)(H,29,30). The van der Waals surface area contributed by atoms with Crippen LogP contribution in [0.15, 0.2) is 12.5 Å². The van der Waals surface area contributed by atoms with E-state index in [1.165, 1.54) is 17.4 Å². The lowest BCUT2D eigenvalue weighted by atomic mass is 10.0. The zero-order chi connectivity index (χ0) is 22.4. The van der Waals surface area contributed by atoms with Crippen LogP contribution in [0, 0.1) is 5.92 Å².